The van der Waals surface area contributed by atoms with Gasteiger partial charge in [0.15, 0.2) is 5.76 Å². The Balaban J connectivity index is 2.04. The smallest absolute Gasteiger partial charge is 0.174 e. The van der Waals surface area contributed by atoms with Crippen molar-refractivity contribution in [3.63, 3.8) is 0 Å². The predicted octanol–water partition coefficient (Wildman–Crippen LogP) is 2.82. The summed E-state index contributed by atoms with van der Waals surface area (Å²) in [6.07, 6.45) is 2.58. The standard InChI is InChI=1S/C12H13NO2/c1-2-10-5-3-4-6-12(10)14-9-11-7-8-13-15-11/h3-8H,2,9H2,1H3. The molecule has 0 bridgehead atoms. The van der Waals surface area contributed by atoms with Crippen molar-refractivity contribution in [1.29, 1.82) is 0 Å². The molecule has 0 atom stereocenters. The second-order valence-corrected chi connectivity index (χ2v) is 3.23. The third-order valence-corrected chi connectivity index (χ3v) is 2.21. The zero-order chi connectivity index (χ0) is 10.5. The van der Waals surface area contributed by atoms with Gasteiger partial charge in [0.05, 0.1) is 6.20 Å². The number of rotatable bonds is 4. The minimum absolute atomic E-state index is 0.428. The van der Waals surface area contributed by atoms with Crippen LogP contribution >= 0.6 is 0 Å². The molecule has 0 fully saturated rings. The molecule has 2 rings (SSSR count). The first kappa shape index (κ1) is 9.77. The van der Waals surface area contributed by atoms with Crippen LogP contribution in [0.25, 0.3) is 0 Å². The molecule has 0 aliphatic carbocycles. The van der Waals surface area contributed by atoms with Gasteiger partial charge in [-0.2, -0.15) is 0 Å². The fraction of sp³-hybridized carbons (Fsp3) is 0.250. The average Bonchev–Trinajstić information content (AvgIpc) is 2.79. The van der Waals surface area contributed by atoms with E-state index in [0.29, 0.717) is 6.61 Å². The third kappa shape index (κ3) is 2.37. The molecule has 2 aromatic rings. The molecule has 0 saturated carbocycles. The van der Waals surface area contributed by atoms with Crippen LogP contribution < -0.4 is 4.74 Å². The quantitative estimate of drug-likeness (QED) is 0.766. The summed E-state index contributed by atoms with van der Waals surface area (Å²) in [5.74, 6) is 1.65. The highest BCUT2D eigenvalue weighted by molar-refractivity contribution is 5.33. The van der Waals surface area contributed by atoms with Crippen LogP contribution in [0.4, 0.5) is 0 Å². The van der Waals surface area contributed by atoms with E-state index in [2.05, 4.69) is 18.1 Å². The van der Waals surface area contributed by atoms with Crippen molar-refractivity contribution in [2.75, 3.05) is 0 Å². The monoisotopic (exact) mass is 203 g/mol. The zero-order valence-electron chi connectivity index (χ0n) is 8.64. The number of aryl methyl sites for hydroxylation is 1. The van der Waals surface area contributed by atoms with Gasteiger partial charge >= 0.3 is 0 Å². The average molecular weight is 203 g/mol. The van der Waals surface area contributed by atoms with Gasteiger partial charge in [-0.05, 0) is 18.1 Å². The molecule has 3 heteroatoms. The Bertz CT molecular complexity index is 409. The molecule has 0 unspecified atom stereocenters. The van der Waals surface area contributed by atoms with Gasteiger partial charge in [-0.15, -0.1) is 0 Å². The molecule has 1 heterocycles. The summed E-state index contributed by atoms with van der Waals surface area (Å²) in [6.45, 7) is 2.54. The van der Waals surface area contributed by atoms with Gasteiger partial charge in [0.2, 0.25) is 0 Å². The van der Waals surface area contributed by atoms with E-state index in [4.69, 9.17) is 9.26 Å². The Morgan fingerprint density at radius 2 is 2.13 bits per heavy atom. The summed E-state index contributed by atoms with van der Waals surface area (Å²) in [6, 6.07) is 9.81. The molecular formula is C12H13NO2. The third-order valence-electron chi connectivity index (χ3n) is 2.21. The number of para-hydroxylation sites is 1. The summed E-state index contributed by atoms with van der Waals surface area (Å²) in [7, 11) is 0. The van der Waals surface area contributed by atoms with E-state index in [1.807, 2.05) is 18.2 Å². The van der Waals surface area contributed by atoms with Crippen molar-refractivity contribution in [3.8, 4) is 5.75 Å². The number of ether oxygens (including phenoxy) is 1. The van der Waals surface area contributed by atoms with Crippen molar-refractivity contribution in [1.82, 2.24) is 5.16 Å². The normalized spacial score (nSPS) is 10.2. The minimum atomic E-state index is 0.428. The first-order valence-corrected chi connectivity index (χ1v) is 5.00. The maximum atomic E-state index is 5.64. The lowest BCUT2D eigenvalue weighted by atomic mass is 10.1. The van der Waals surface area contributed by atoms with Crippen molar-refractivity contribution < 1.29 is 9.26 Å². The van der Waals surface area contributed by atoms with Gasteiger partial charge in [0.1, 0.15) is 12.4 Å². The molecule has 3 nitrogen and oxygen atoms in total. The van der Waals surface area contributed by atoms with Crippen LogP contribution in [-0.2, 0) is 13.0 Å². The highest BCUT2D eigenvalue weighted by atomic mass is 16.5. The highest BCUT2D eigenvalue weighted by Crippen LogP contribution is 2.19. The number of benzene rings is 1. The van der Waals surface area contributed by atoms with Gasteiger partial charge in [0.25, 0.3) is 0 Å². The fourth-order valence-electron chi connectivity index (χ4n) is 1.40. The largest absolute Gasteiger partial charge is 0.485 e. The summed E-state index contributed by atoms with van der Waals surface area (Å²) >= 11 is 0. The first-order valence-electron chi connectivity index (χ1n) is 5.00. The first-order chi connectivity index (χ1) is 7.40. The second kappa shape index (κ2) is 4.64. The van der Waals surface area contributed by atoms with E-state index in [9.17, 15) is 0 Å². The molecule has 0 aliphatic heterocycles. The van der Waals surface area contributed by atoms with Crippen LogP contribution in [-0.4, -0.2) is 5.16 Å². The van der Waals surface area contributed by atoms with E-state index in [0.717, 1.165) is 17.9 Å². The Hall–Kier alpha value is -1.77. The molecule has 0 aliphatic rings. The predicted molar refractivity (Wildman–Crippen MR) is 56.7 cm³/mol. The molecule has 1 aromatic carbocycles. The molecule has 0 radical (unpaired) electrons. The fourth-order valence-corrected chi connectivity index (χ4v) is 1.40. The maximum Gasteiger partial charge on any atom is 0.174 e. The topological polar surface area (TPSA) is 35.3 Å². The molecule has 78 valence electrons. The molecule has 0 N–H and O–H groups in total. The van der Waals surface area contributed by atoms with Gasteiger partial charge in [0, 0.05) is 6.07 Å². The lowest BCUT2D eigenvalue weighted by molar-refractivity contribution is 0.247. The number of aromatic nitrogens is 1. The Kier molecular flexibility index (Phi) is 3.02. The zero-order valence-corrected chi connectivity index (χ0v) is 8.64. The Morgan fingerprint density at radius 3 is 2.87 bits per heavy atom. The highest BCUT2D eigenvalue weighted by Gasteiger charge is 2.02. The van der Waals surface area contributed by atoms with Gasteiger partial charge in [-0.3, -0.25) is 0 Å². The van der Waals surface area contributed by atoms with Crippen LogP contribution in [0.3, 0.4) is 0 Å². The van der Waals surface area contributed by atoms with E-state index >= 15 is 0 Å². The minimum Gasteiger partial charge on any atom is -0.485 e. The molecule has 0 saturated heterocycles. The lowest BCUT2D eigenvalue weighted by Crippen LogP contribution is -1.96. The maximum absolute atomic E-state index is 5.64. The summed E-state index contributed by atoms with van der Waals surface area (Å²) in [5.41, 5.74) is 1.21. The summed E-state index contributed by atoms with van der Waals surface area (Å²) in [4.78, 5) is 0. The SMILES string of the molecule is CCc1ccccc1OCc1ccno1. The lowest BCUT2D eigenvalue weighted by Gasteiger charge is -2.07. The van der Waals surface area contributed by atoms with Gasteiger partial charge < -0.3 is 9.26 Å². The van der Waals surface area contributed by atoms with Crippen LogP contribution in [0.15, 0.2) is 41.1 Å². The van der Waals surface area contributed by atoms with Crippen molar-refractivity contribution in [2.24, 2.45) is 0 Å². The van der Waals surface area contributed by atoms with Crippen LogP contribution in [0, 0.1) is 0 Å². The van der Waals surface area contributed by atoms with Gasteiger partial charge in [-0.25, -0.2) is 0 Å². The molecule has 0 spiro atoms. The van der Waals surface area contributed by atoms with E-state index in [1.54, 1.807) is 12.3 Å². The van der Waals surface area contributed by atoms with Crippen LogP contribution in [0.5, 0.6) is 5.75 Å². The van der Waals surface area contributed by atoms with Crippen molar-refractivity contribution in [2.45, 2.75) is 20.0 Å². The van der Waals surface area contributed by atoms with Crippen LogP contribution in [0.2, 0.25) is 0 Å². The second-order valence-electron chi connectivity index (χ2n) is 3.23. The summed E-state index contributed by atoms with van der Waals surface area (Å²) < 4.78 is 10.6. The van der Waals surface area contributed by atoms with Crippen molar-refractivity contribution >= 4 is 0 Å². The molecule has 15 heavy (non-hydrogen) atoms. The van der Waals surface area contributed by atoms with Gasteiger partial charge in [-0.1, -0.05) is 30.3 Å². The molecular weight excluding hydrogens is 190 g/mol. The van der Waals surface area contributed by atoms with Crippen LogP contribution in [0.1, 0.15) is 18.2 Å². The molecule has 0 amide bonds. The van der Waals surface area contributed by atoms with Crippen molar-refractivity contribution in [3.05, 3.63) is 47.9 Å². The molecule has 1 aromatic heterocycles. The number of hydrogen-bond acceptors (Lipinski definition) is 3. The van der Waals surface area contributed by atoms with E-state index in [1.165, 1.54) is 5.56 Å². The van der Waals surface area contributed by atoms with E-state index in [-0.39, 0.29) is 0 Å². The Morgan fingerprint density at radius 1 is 1.27 bits per heavy atom. The number of nitrogens with zero attached hydrogens (tertiary/aromatic N) is 1. The van der Waals surface area contributed by atoms with E-state index < -0.39 is 0 Å². The number of hydrogen-bond donors (Lipinski definition) is 0. The Labute approximate surface area is 88.7 Å². The summed E-state index contributed by atoms with van der Waals surface area (Å²) in [5, 5.41) is 3.62.